The van der Waals surface area contributed by atoms with Gasteiger partial charge in [0.05, 0.1) is 5.92 Å². The quantitative estimate of drug-likeness (QED) is 0.788. The van der Waals surface area contributed by atoms with Crippen LogP contribution in [0.5, 0.6) is 0 Å². The minimum Gasteiger partial charge on any atom is -0.449 e. The van der Waals surface area contributed by atoms with Gasteiger partial charge in [0, 0.05) is 19.6 Å². The molecule has 0 unspecified atom stereocenters. The second-order valence-corrected chi connectivity index (χ2v) is 7.31. The molecule has 22 heavy (non-hydrogen) atoms. The number of esters is 1. The maximum absolute atomic E-state index is 11.6. The molecule has 0 spiro atoms. The van der Waals surface area contributed by atoms with E-state index in [1.807, 2.05) is 20.8 Å². The van der Waals surface area contributed by atoms with Crippen LogP contribution in [0.3, 0.4) is 0 Å². The molecule has 2 rings (SSSR count). The summed E-state index contributed by atoms with van der Waals surface area (Å²) in [5.41, 5.74) is -0.459. The predicted octanol–water partition coefficient (Wildman–Crippen LogP) is 2.13. The topological polar surface area (TPSA) is 67.9 Å². The first-order valence-corrected chi connectivity index (χ1v) is 8.19. The molecule has 1 aliphatic carbocycles. The number of ether oxygens (including phenoxy) is 2. The molecule has 0 aromatic heterocycles. The Balaban J connectivity index is 1.56. The molecule has 0 aromatic rings. The third kappa shape index (κ3) is 6.22. The Kier molecular flexibility index (Phi) is 5.67. The van der Waals surface area contributed by atoms with Crippen molar-refractivity contribution < 1.29 is 19.1 Å². The van der Waals surface area contributed by atoms with Gasteiger partial charge in [-0.1, -0.05) is 0 Å². The number of piperidine rings is 1. The molecular weight excluding hydrogens is 284 g/mol. The monoisotopic (exact) mass is 312 g/mol. The van der Waals surface area contributed by atoms with Gasteiger partial charge in [0.25, 0.3) is 0 Å². The average molecular weight is 312 g/mol. The van der Waals surface area contributed by atoms with Crippen molar-refractivity contribution in [3.05, 3.63) is 0 Å². The predicted molar refractivity (Wildman–Crippen MR) is 82.2 cm³/mol. The Hall–Kier alpha value is -1.30. The van der Waals surface area contributed by atoms with Crippen LogP contribution in [-0.2, 0) is 14.3 Å². The van der Waals surface area contributed by atoms with E-state index in [0.717, 1.165) is 38.8 Å². The fourth-order valence-corrected chi connectivity index (χ4v) is 2.45. The van der Waals surface area contributed by atoms with Crippen molar-refractivity contribution >= 4 is 12.1 Å². The maximum atomic E-state index is 11.6. The van der Waals surface area contributed by atoms with Gasteiger partial charge in [-0.15, -0.1) is 0 Å². The smallest absolute Gasteiger partial charge is 0.407 e. The number of likely N-dealkylation sites (tertiary alicyclic amines) is 1. The highest BCUT2D eigenvalue weighted by Crippen LogP contribution is 2.30. The summed E-state index contributed by atoms with van der Waals surface area (Å²) in [4.78, 5) is 25.3. The summed E-state index contributed by atoms with van der Waals surface area (Å²) in [6.07, 6.45) is 3.61. The first-order valence-electron chi connectivity index (χ1n) is 8.19. The van der Waals surface area contributed by atoms with Gasteiger partial charge >= 0.3 is 12.1 Å². The van der Waals surface area contributed by atoms with E-state index >= 15 is 0 Å². The summed E-state index contributed by atoms with van der Waals surface area (Å²) in [5.74, 6) is 0.576. The lowest BCUT2D eigenvalue weighted by molar-refractivity contribution is -0.150. The van der Waals surface area contributed by atoms with Crippen molar-refractivity contribution in [2.75, 3.05) is 26.4 Å². The number of amides is 1. The molecule has 1 aliphatic heterocycles. The van der Waals surface area contributed by atoms with Crippen LogP contribution in [-0.4, -0.2) is 48.9 Å². The largest absolute Gasteiger partial charge is 0.449 e. The second-order valence-electron chi connectivity index (χ2n) is 7.31. The van der Waals surface area contributed by atoms with Gasteiger partial charge in [0.2, 0.25) is 0 Å². The van der Waals surface area contributed by atoms with E-state index in [9.17, 15) is 9.59 Å². The number of hydrogen-bond donors (Lipinski definition) is 1. The molecule has 6 heteroatoms. The van der Waals surface area contributed by atoms with E-state index in [-0.39, 0.29) is 18.0 Å². The Morgan fingerprint density at radius 1 is 1.14 bits per heavy atom. The van der Waals surface area contributed by atoms with Crippen LogP contribution in [0.4, 0.5) is 4.79 Å². The number of alkyl carbamates (subject to hydrolysis) is 1. The minimum atomic E-state index is -0.459. The number of nitrogens with one attached hydrogen (secondary N) is 1. The molecule has 0 atom stereocenters. The normalized spacial score (nSPS) is 20.5. The van der Waals surface area contributed by atoms with Crippen LogP contribution in [0.1, 0.15) is 46.5 Å². The SMILES string of the molecule is CC(C)(C)OC(=O)NCC1CCN(COC(=O)C2CC2)CC1. The maximum Gasteiger partial charge on any atom is 0.407 e. The van der Waals surface area contributed by atoms with Crippen LogP contribution < -0.4 is 5.32 Å². The number of nitrogens with zero attached hydrogens (tertiary/aromatic N) is 1. The van der Waals surface area contributed by atoms with Crippen molar-refractivity contribution in [1.82, 2.24) is 10.2 Å². The third-order valence-corrected chi connectivity index (χ3v) is 3.94. The molecular formula is C16H28N2O4. The van der Waals surface area contributed by atoms with Gasteiger partial charge in [-0.3, -0.25) is 9.69 Å². The molecule has 1 N–H and O–H groups in total. The van der Waals surface area contributed by atoms with Gasteiger partial charge in [0.15, 0.2) is 0 Å². The summed E-state index contributed by atoms with van der Waals surface area (Å²) in [6, 6.07) is 0. The van der Waals surface area contributed by atoms with Crippen LogP contribution >= 0.6 is 0 Å². The van der Waals surface area contributed by atoms with Crippen molar-refractivity contribution in [2.45, 2.75) is 52.1 Å². The number of carbonyl (C=O) groups excluding carboxylic acids is 2. The van der Waals surface area contributed by atoms with Crippen molar-refractivity contribution in [3.8, 4) is 0 Å². The summed E-state index contributed by atoms with van der Waals surface area (Å²) < 4.78 is 10.5. The van der Waals surface area contributed by atoms with Gasteiger partial charge in [-0.25, -0.2) is 4.79 Å². The summed E-state index contributed by atoms with van der Waals surface area (Å²) in [6.45, 7) is 8.42. The minimum absolute atomic E-state index is 0.0475. The zero-order chi connectivity index (χ0) is 16.2. The van der Waals surface area contributed by atoms with E-state index in [1.165, 1.54) is 0 Å². The molecule has 1 saturated carbocycles. The molecule has 0 bridgehead atoms. The van der Waals surface area contributed by atoms with Gasteiger partial charge in [0.1, 0.15) is 12.3 Å². The lowest BCUT2D eigenvalue weighted by atomic mass is 9.97. The van der Waals surface area contributed by atoms with Crippen molar-refractivity contribution in [2.24, 2.45) is 11.8 Å². The highest BCUT2D eigenvalue weighted by molar-refractivity contribution is 5.74. The molecule has 1 amide bonds. The summed E-state index contributed by atoms with van der Waals surface area (Å²) >= 11 is 0. The molecule has 1 saturated heterocycles. The molecule has 0 radical (unpaired) electrons. The Bertz CT molecular complexity index is 393. The van der Waals surface area contributed by atoms with Gasteiger partial charge in [-0.05, 0) is 52.4 Å². The fourth-order valence-electron chi connectivity index (χ4n) is 2.45. The Morgan fingerprint density at radius 2 is 1.77 bits per heavy atom. The van der Waals surface area contributed by atoms with Crippen LogP contribution in [0.15, 0.2) is 0 Å². The first kappa shape index (κ1) is 17.1. The summed E-state index contributed by atoms with van der Waals surface area (Å²) in [7, 11) is 0. The molecule has 0 aromatic carbocycles. The average Bonchev–Trinajstić information content (AvgIpc) is 3.26. The first-order chi connectivity index (χ1) is 10.3. The Labute approximate surface area is 132 Å². The van der Waals surface area contributed by atoms with E-state index in [0.29, 0.717) is 19.2 Å². The standard InChI is InChI=1S/C16H28N2O4/c1-16(2,3)22-15(20)17-10-12-6-8-18(9-7-12)11-21-14(19)13-4-5-13/h12-13H,4-11H2,1-3H3,(H,17,20). The van der Waals surface area contributed by atoms with E-state index in [4.69, 9.17) is 9.47 Å². The number of carbonyl (C=O) groups is 2. The molecule has 2 aliphatic rings. The van der Waals surface area contributed by atoms with Gasteiger partial charge in [-0.2, -0.15) is 0 Å². The molecule has 2 fully saturated rings. The van der Waals surface area contributed by atoms with E-state index < -0.39 is 5.60 Å². The number of rotatable bonds is 5. The highest BCUT2D eigenvalue weighted by Gasteiger charge is 2.31. The Morgan fingerprint density at radius 3 is 2.32 bits per heavy atom. The summed E-state index contributed by atoms with van der Waals surface area (Å²) in [5, 5.41) is 2.83. The molecule has 6 nitrogen and oxygen atoms in total. The zero-order valence-electron chi connectivity index (χ0n) is 13.9. The molecule has 1 heterocycles. The van der Waals surface area contributed by atoms with Crippen molar-refractivity contribution in [3.63, 3.8) is 0 Å². The van der Waals surface area contributed by atoms with Crippen LogP contribution in [0.25, 0.3) is 0 Å². The second kappa shape index (κ2) is 7.31. The zero-order valence-corrected chi connectivity index (χ0v) is 13.9. The fraction of sp³-hybridized carbons (Fsp3) is 0.875. The van der Waals surface area contributed by atoms with Gasteiger partial charge < -0.3 is 14.8 Å². The van der Waals surface area contributed by atoms with Crippen LogP contribution in [0, 0.1) is 11.8 Å². The number of hydrogen-bond acceptors (Lipinski definition) is 5. The highest BCUT2D eigenvalue weighted by atomic mass is 16.6. The third-order valence-electron chi connectivity index (χ3n) is 3.94. The van der Waals surface area contributed by atoms with E-state index in [1.54, 1.807) is 0 Å². The lowest BCUT2D eigenvalue weighted by Crippen LogP contribution is -2.41. The lowest BCUT2D eigenvalue weighted by Gasteiger charge is -2.31. The van der Waals surface area contributed by atoms with Crippen LogP contribution in [0.2, 0.25) is 0 Å². The van der Waals surface area contributed by atoms with E-state index in [2.05, 4.69) is 10.2 Å². The van der Waals surface area contributed by atoms with Crippen molar-refractivity contribution in [1.29, 1.82) is 0 Å². The molecule has 126 valence electrons.